The van der Waals surface area contributed by atoms with Crippen LogP contribution in [0.15, 0.2) is 121 Å². The summed E-state index contributed by atoms with van der Waals surface area (Å²) in [6.07, 6.45) is 5.29. The highest BCUT2D eigenvalue weighted by molar-refractivity contribution is 6.35. The van der Waals surface area contributed by atoms with Crippen molar-refractivity contribution in [2.45, 2.75) is 90.4 Å². The van der Waals surface area contributed by atoms with Crippen molar-refractivity contribution in [3.63, 3.8) is 0 Å². The smallest absolute Gasteiger partial charge is 0.333 e. The normalized spacial score (nSPS) is 17.8. The molecule has 0 aliphatic heterocycles. The first-order valence-electron chi connectivity index (χ1n) is 23.1. The number of hydrogen-bond donors (Lipinski definition) is 1. The fraction of sp³-hybridized carbons (Fsp3) is 0.309. The van der Waals surface area contributed by atoms with Crippen molar-refractivity contribution >= 4 is 57.2 Å². The maximum atomic E-state index is 14.7. The maximum absolute atomic E-state index is 14.7. The van der Waals surface area contributed by atoms with Crippen LogP contribution in [0.5, 0.6) is 0 Å². The quantitative estimate of drug-likeness (QED) is 0.0974. The van der Waals surface area contributed by atoms with Crippen molar-refractivity contribution in [1.29, 1.82) is 0 Å². The fourth-order valence-electron chi connectivity index (χ4n) is 11.0. The average molecular weight is 903 g/mol. The maximum Gasteiger partial charge on any atom is 0.333 e. The molecule has 0 spiro atoms. The summed E-state index contributed by atoms with van der Waals surface area (Å²) in [5, 5.41) is 5.64. The van der Waals surface area contributed by atoms with E-state index < -0.39 is 17.4 Å². The third-order valence-electron chi connectivity index (χ3n) is 14.3. The van der Waals surface area contributed by atoms with Crippen LogP contribution in [0.2, 0.25) is 5.02 Å². The van der Waals surface area contributed by atoms with Crippen LogP contribution in [0.4, 0.5) is 4.39 Å². The van der Waals surface area contributed by atoms with Gasteiger partial charge in [0.1, 0.15) is 18.9 Å². The summed E-state index contributed by atoms with van der Waals surface area (Å²) < 4.78 is 24.1. The molecule has 3 aliphatic carbocycles. The Labute approximate surface area is 388 Å². The lowest BCUT2D eigenvalue weighted by atomic mass is 9.73. The second kappa shape index (κ2) is 18.0. The van der Waals surface area contributed by atoms with Gasteiger partial charge < -0.3 is 24.1 Å². The van der Waals surface area contributed by atoms with Crippen molar-refractivity contribution in [3.8, 4) is 0 Å². The molecule has 66 heavy (non-hydrogen) atoms. The van der Waals surface area contributed by atoms with E-state index in [1.54, 1.807) is 18.2 Å². The number of aromatic nitrogens is 2. The number of benzene rings is 5. The highest BCUT2D eigenvalue weighted by Crippen LogP contribution is 2.42. The molecule has 2 aromatic heterocycles. The summed E-state index contributed by atoms with van der Waals surface area (Å²) in [5.41, 5.74) is 8.77. The van der Waals surface area contributed by atoms with E-state index in [-0.39, 0.29) is 42.7 Å². The number of ether oxygens (including phenoxy) is 1. The van der Waals surface area contributed by atoms with Crippen molar-refractivity contribution in [2.75, 3.05) is 6.54 Å². The zero-order chi connectivity index (χ0) is 45.5. The molecule has 3 aliphatic rings. The first-order valence-corrected chi connectivity index (χ1v) is 23.5. The molecule has 0 saturated carbocycles. The number of carbonyl (C=O) groups excluding carboxylic acids is 4. The molecule has 0 saturated heterocycles. The molecule has 9 nitrogen and oxygen atoms in total. The molecule has 2 amide bonds. The van der Waals surface area contributed by atoms with E-state index in [4.69, 9.17) is 16.3 Å². The van der Waals surface area contributed by atoms with Crippen molar-refractivity contribution in [2.24, 2.45) is 11.3 Å². The van der Waals surface area contributed by atoms with E-state index in [0.29, 0.717) is 74.1 Å². The van der Waals surface area contributed by atoms with Crippen LogP contribution in [0.25, 0.3) is 21.8 Å². The van der Waals surface area contributed by atoms with Gasteiger partial charge >= 0.3 is 11.9 Å². The number of hydrogen-bond acceptors (Lipinski definition) is 5. The van der Waals surface area contributed by atoms with Gasteiger partial charge in [0, 0.05) is 52.7 Å². The van der Waals surface area contributed by atoms with Gasteiger partial charge in [-0.1, -0.05) is 122 Å². The number of amides is 2. The predicted molar refractivity (Wildman–Crippen MR) is 253 cm³/mol. The van der Waals surface area contributed by atoms with Gasteiger partial charge in [0.25, 0.3) is 0 Å². The zero-order valence-corrected chi connectivity index (χ0v) is 37.8. The van der Waals surface area contributed by atoms with Crippen molar-refractivity contribution in [1.82, 2.24) is 19.4 Å². The summed E-state index contributed by atoms with van der Waals surface area (Å²) >= 11 is 6.83. The highest BCUT2D eigenvalue weighted by atomic mass is 35.5. The van der Waals surface area contributed by atoms with Gasteiger partial charge in [-0.05, 0) is 109 Å². The monoisotopic (exact) mass is 902 g/mol. The lowest BCUT2D eigenvalue weighted by Gasteiger charge is -2.38. The lowest BCUT2D eigenvalue weighted by molar-refractivity contribution is -0.160. The number of carbonyl (C=O) groups is 4. The summed E-state index contributed by atoms with van der Waals surface area (Å²) in [6.45, 7) is 2.39. The van der Waals surface area contributed by atoms with E-state index in [1.165, 1.54) is 17.2 Å². The van der Waals surface area contributed by atoms with Crippen LogP contribution in [0.1, 0.15) is 64.5 Å². The Balaban J connectivity index is 0.841. The number of rotatable bonds is 12. The Hall–Kier alpha value is -6.52. The first-order chi connectivity index (χ1) is 32.0. The standard InChI is InChI=1S/C55H52ClFN4O5/c1-55(54(65)59(32-35-12-3-2-4-13-35)27-25-36-14-7-9-20-46(36)57)26-24-49-44(31-55)41-17-8-10-21-47(41)60(49)33-50(62)66-51(63)34-61-48-23-22-39(30-43(48)42-18-11-19-45(56)52(42)61)53(64)58-40-28-37-15-5-6-16-38(37)29-40/h2-21,39-40H,22-34H2,1H3,(H,58,64). The number of nitrogens with one attached hydrogen (secondary N) is 1. The molecule has 11 heteroatoms. The van der Waals surface area contributed by atoms with Gasteiger partial charge in [-0.15, -0.1) is 0 Å². The third-order valence-corrected chi connectivity index (χ3v) is 14.6. The molecule has 2 unspecified atom stereocenters. The van der Waals surface area contributed by atoms with Gasteiger partial charge in [0.05, 0.1) is 16.0 Å². The molecular formula is C55H52ClFN4O5. The molecule has 0 radical (unpaired) electrons. The van der Waals surface area contributed by atoms with Gasteiger partial charge in [-0.25, -0.2) is 14.0 Å². The number of nitrogens with zero attached hydrogens (tertiary/aromatic N) is 3. The van der Waals surface area contributed by atoms with E-state index in [2.05, 4.69) is 17.4 Å². The predicted octanol–water partition coefficient (Wildman–Crippen LogP) is 9.31. The number of halogens is 2. The number of fused-ring (bicyclic) bond motifs is 7. The molecule has 1 N–H and O–H groups in total. The van der Waals surface area contributed by atoms with E-state index >= 15 is 0 Å². The SMILES string of the molecule is CC1(C(=O)N(CCc2ccccc2F)Cc2ccccc2)CCc2c(c3ccccc3n2CC(=O)OC(=O)Cn2c3c(c4cccc(Cl)c42)CC(C(=O)NC2Cc4ccccc4C2)CC3)C1. The largest absolute Gasteiger partial charge is 0.390 e. The van der Waals surface area contributed by atoms with Gasteiger partial charge in [0.2, 0.25) is 11.8 Å². The molecule has 10 rings (SSSR count). The zero-order valence-electron chi connectivity index (χ0n) is 37.0. The Morgan fingerprint density at radius 3 is 2.20 bits per heavy atom. The van der Waals surface area contributed by atoms with Crippen molar-refractivity contribution < 1.29 is 28.3 Å². The first kappa shape index (κ1) is 43.4. The topological polar surface area (TPSA) is 103 Å². The molecular weight excluding hydrogens is 851 g/mol. The molecule has 2 atom stereocenters. The summed E-state index contributed by atoms with van der Waals surface area (Å²) in [5.74, 6) is -1.83. The molecule has 2 heterocycles. The van der Waals surface area contributed by atoms with Crippen molar-refractivity contribution in [3.05, 3.63) is 177 Å². The van der Waals surface area contributed by atoms with E-state index in [0.717, 1.165) is 57.2 Å². The Morgan fingerprint density at radius 2 is 1.42 bits per heavy atom. The number of para-hydroxylation sites is 2. The highest BCUT2D eigenvalue weighted by Gasteiger charge is 2.42. The van der Waals surface area contributed by atoms with Gasteiger partial charge in [0.15, 0.2) is 0 Å². The van der Waals surface area contributed by atoms with Gasteiger partial charge in [-0.3, -0.25) is 9.59 Å². The number of esters is 2. The van der Waals surface area contributed by atoms with Crippen LogP contribution >= 0.6 is 11.6 Å². The van der Waals surface area contributed by atoms with Crippen LogP contribution in [0, 0.1) is 17.2 Å². The molecule has 0 bridgehead atoms. The van der Waals surface area contributed by atoms with E-state index in [1.807, 2.05) is 106 Å². The van der Waals surface area contributed by atoms with Crippen LogP contribution in [-0.4, -0.2) is 50.4 Å². The van der Waals surface area contributed by atoms with Crippen LogP contribution in [0.3, 0.4) is 0 Å². The third kappa shape index (κ3) is 8.43. The van der Waals surface area contributed by atoms with Crippen LogP contribution < -0.4 is 5.32 Å². The minimum Gasteiger partial charge on any atom is -0.390 e. The minimum absolute atomic E-state index is 0.00389. The summed E-state index contributed by atoms with van der Waals surface area (Å²) in [6, 6.07) is 38.5. The summed E-state index contributed by atoms with van der Waals surface area (Å²) in [7, 11) is 0. The fourth-order valence-corrected chi connectivity index (χ4v) is 11.3. The lowest BCUT2D eigenvalue weighted by Crippen LogP contribution is -2.46. The average Bonchev–Trinajstić information content (AvgIpc) is 3.97. The Bertz CT molecular complexity index is 3010. The minimum atomic E-state index is -0.755. The Kier molecular flexibility index (Phi) is 11.9. The van der Waals surface area contributed by atoms with Gasteiger partial charge in [-0.2, -0.15) is 0 Å². The molecule has 0 fully saturated rings. The molecule has 336 valence electrons. The molecule has 7 aromatic rings. The Morgan fingerprint density at radius 1 is 0.758 bits per heavy atom. The molecule has 5 aromatic carbocycles. The van der Waals surface area contributed by atoms with Crippen LogP contribution in [-0.2, 0) is 88.5 Å². The summed E-state index contributed by atoms with van der Waals surface area (Å²) in [4.78, 5) is 57.9. The second-order valence-electron chi connectivity index (χ2n) is 18.6. The second-order valence-corrected chi connectivity index (χ2v) is 19.0. The van der Waals surface area contributed by atoms with E-state index in [9.17, 15) is 23.6 Å².